The number of alkyl carbamates (subject to hydrolysis) is 1. The second kappa shape index (κ2) is 6.92. The van der Waals surface area contributed by atoms with E-state index in [0.717, 1.165) is 6.42 Å². The number of hydrogen-bond acceptors (Lipinski definition) is 4. The zero-order chi connectivity index (χ0) is 15.3. The van der Waals surface area contributed by atoms with Crippen molar-refractivity contribution in [2.24, 2.45) is 5.92 Å². The van der Waals surface area contributed by atoms with Gasteiger partial charge in [-0.2, -0.15) is 0 Å². The van der Waals surface area contributed by atoms with Gasteiger partial charge in [0.05, 0.1) is 6.04 Å². The molecule has 6 heteroatoms. The summed E-state index contributed by atoms with van der Waals surface area (Å²) >= 11 is 0. The Labute approximate surface area is 120 Å². The molecule has 0 aromatic heterocycles. The van der Waals surface area contributed by atoms with Gasteiger partial charge in [-0.15, -0.1) is 0 Å². The summed E-state index contributed by atoms with van der Waals surface area (Å²) in [4.78, 5) is 25.0. The van der Waals surface area contributed by atoms with Crippen molar-refractivity contribution in [3.8, 4) is 0 Å². The second-order valence-corrected chi connectivity index (χ2v) is 6.38. The Kier molecular flexibility index (Phi) is 5.80. The van der Waals surface area contributed by atoms with Gasteiger partial charge in [0.15, 0.2) is 0 Å². The molecule has 0 bridgehead atoms. The lowest BCUT2D eigenvalue weighted by atomic mass is 9.91. The van der Waals surface area contributed by atoms with E-state index in [9.17, 15) is 9.59 Å². The third-order valence-corrected chi connectivity index (χ3v) is 3.24. The van der Waals surface area contributed by atoms with Crippen LogP contribution in [0.25, 0.3) is 0 Å². The fourth-order valence-corrected chi connectivity index (χ4v) is 2.43. The van der Waals surface area contributed by atoms with Crippen molar-refractivity contribution in [3.05, 3.63) is 0 Å². The van der Waals surface area contributed by atoms with E-state index >= 15 is 0 Å². The standard InChI is InChI=1S/C14H26N2O4/c1-10(18)16-8-11(5-6-17)7-12(9-16)15-13(19)20-14(2,3)4/h11-12,17H,5-9H2,1-4H3,(H,15,19). The highest BCUT2D eigenvalue weighted by Gasteiger charge is 2.30. The minimum atomic E-state index is -0.538. The van der Waals surface area contributed by atoms with E-state index in [0.29, 0.717) is 19.5 Å². The van der Waals surface area contributed by atoms with Crippen molar-refractivity contribution in [3.63, 3.8) is 0 Å². The van der Waals surface area contributed by atoms with Gasteiger partial charge in [-0.1, -0.05) is 0 Å². The smallest absolute Gasteiger partial charge is 0.407 e. The Bertz CT molecular complexity index is 352. The molecule has 20 heavy (non-hydrogen) atoms. The molecule has 0 aromatic rings. The minimum Gasteiger partial charge on any atom is -0.444 e. The first-order valence-electron chi connectivity index (χ1n) is 7.07. The Morgan fingerprint density at radius 1 is 1.35 bits per heavy atom. The molecule has 0 aromatic carbocycles. The third-order valence-electron chi connectivity index (χ3n) is 3.24. The van der Waals surface area contributed by atoms with Crippen LogP contribution in [0.15, 0.2) is 0 Å². The minimum absolute atomic E-state index is 0.0105. The van der Waals surface area contributed by atoms with Gasteiger partial charge in [0, 0.05) is 26.6 Å². The fourth-order valence-electron chi connectivity index (χ4n) is 2.43. The summed E-state index contributed by atoms with van der Waals surface area (Å²) in [6.45, 7) is 8.18. The van der Waals surface area contributed by atoms with Crippen LogP contribution in [0.2, 0.25) is 0 Å². The molecule has 1 rings (SSSR count). The molecular formula is C14H26N2O4. The number of rotatable bonds is 3. The number of carbonyl (C=O) groups is 2. The van der Waals surface area contributed by atoms with Gasteiger partial charge in [0.1, 0.15) is 5.60 Å². The maximum Gasteiger partial charge on any atom is 0.407 e. The maximum atomic E-state index is 11.8. The SMILES string of the molecule is CC(=O)N1CC(CCO)CC(NC(=O)OC(C)(C)C)C1. The maximum absolute atomic E-state index is 11.8. The van der Waals surface area contributed by atoms with Crippen molar-refractivity contribution >= 4 is 12.0 Å². The number of ether oxygens (including phenoxy) is 1. The molecule has 1 heterocycles. The molecule has 2 N–H and O–H groups in total. The van der Waals surface area contributed by atoms with Crippen LogP contribution in [-0.2, 0) is 9.53 Å². The zero-order valence-electron chi connectivity index (χ0n) is 12.8. The lowest BCUT2D eigenvalue weighted by Crippen LogP contribution is -2.52. The zero-order valence-corrected chi connectivity index (χ0v) is 12.8. The number of carbonyl (C=O) groups excluding carboxylic acids is 2. The van der Waals surface area contributed by atoms with Gasteiger partial charge in [-0.3, -0.25) is 4.79 Å². The van der Waals surface area contributed by atoms with Crippen molar-refractivity contribution in [2.75, 3.05) is 19.7 Å². The van der Waals surface area contributed by atoms with Crippen LogP contribution < -0.4 is 5.32 Å². The molecule has 0 aliphatic carbocycles. The van der Waals surface area contributed by atoms with E-state index < -0.39 is 11.7 Å². The summed E-state index contributed by atoms with van der Waals surface area (Å²) in [5.41, 5.74) is -0.538. The average Bonchev–Trinajstić information content (AvgIpc) is 2.26. The first-order valence-corrected chi connectivity index (χ1v) is 7.07. The predicted molar refractivity (Wildman–Crippen MR) is 75.2 cm³/mol. The molecule has 2 unspecified atom stereocenters. The predicted octanol–water partition coefficient (Wildman–Crippen LogP) is 1.13. The normalized spacial score (nSPS) is 23.4. The fraction of sp³-hybridized carbons (Fsp3) is 0.857. The molecular weight excluding hydrogens is 260 g/mol. The molecule has 1 aliphatic rings. The first-order chi connectivity index (χ1) is 9.21. The molecule has 2 atom stereocenters. The van der Waals surface area contributed by atoms with E-state index in [4.69, 9.17) is 9.84 Å². The molecule has 116 valence electrons. The molecule has 1 fully saturated rings. The Morgan fingerprint density at radius 2 is 2.00 bits per heavy atom. The number of likely N-dealkylation sites (tertiary alicyclic amines) is 1. The Morgan fingerprint density at radius 3 is 2.50 bits per heavy atom. The second-order valence-electron chi connectivity index (χ2n) is 6.38. The first kappa shape index (κ1) is 16.8. The number of piperidine rings is 1. The largest absolute Gasteiger partial charge is 0.444 e. The van der Waals surface area contributed by atoms with Crippen LogP contribution in [0.4, 0.5) is 4.79 Å². The summed E-state index contributed by atoms with van der Waals surface area (Å²) in [5.74, 6) is 0.196. The van der Waals surface area contributed by atoms with Crippen LogP contribution in [0.1, 0.15) is 40.5 Å². The topological polar surface area (TPSA) is 78.9 Å². The van der Waals surface area contributed by atoms with Crippen molar-refractivity contribution < 1.29 is 19.4 Å². The van der Waals surface area contributed by atoms with E-state index in [-0.39, 0.29) is 24.5 Å². The molecule has 1 aliphatic heterocycles. The third kappa shape index (κ3) is 5.77. The Hall–Kier alpha value is -1.30. The van der Waals surface area contributed by atoms with E-state index in [1.807, 2.05) is 20.8 Å². The average molecular weight is 286 g/mol. The molecule has 2 amide bonds. The highest BCUT2D eigenvalue weighted by Crippen LogP contribution is 2.20. The van der Waals surface area contributed by atoms with Gasteiger partial charge in [-0.25, -0.2) is 4.79 Å². The van der Waals surface area contributed by atoms with Crippen LogP contribution in [-0.4, -0.2) is 53.3 Å². The van der Waals surface area contributed by atoms with E-state index in [1.165, 1.54) is 6.92 Å². The monoisotopic (exact) mass is 286 g/mol. The molecule has 1 saturated heterocycles. The number of aliphatic hydroxyl groups is 1. The number of hydrogen-bond donors (Lipinski definition) is 2. The molecule has 0 radical (unpaired) electrons. The van der Waals surface area contributed by atoms with Crippen LogP contribution in [0, 0.1) is 5.92 Å². The quantitative estimate of drug-likeness (QED) is 0.815. The van der Waals surface area contributed by atoms with Crippen molar-refractivity contribution in [1.29, 1.82) is 0 Å². The van der Waals surface area contributed by atoms with Gasteiger partial charge >= 0.3 is 6.09 Å². The van der Waals surface area contributed by atoms with Gasteiger partial charge in [0.25, 0.3) is 0 Å². The lowest BCUT2D eigenvalue weighted by molar-refractivity contribution is -0.131. The van der Waals surface area contributed by atoms with Crippen LogP contribution in [0.5, 0.6) is 0 Å². The van der Waals surface area contributed by atoms with E-state index in [1.54, 1.807) is 4.90 Å². The summed E-state index contributed by atoms with van der Waals surface area (Å²) < 4.78 is 5.23. The Balaban J connectivity index is 2.58. The molecule has 0 spiro atoms. The number of aliphatic hydroxyl groups excluding tert-OH is 1. The van der Waals surface area contributed by atoms with Crippen LogP contribution >= 0.6 is 0 Å². The van der Waals surface area contributed by atoms with Gasteiger partial charge in [0.2, 0.25) is 5.91 Å². The summed E-state index contributed by atoms with van der Waals surface area (Å²) in [5, 5.41) is 11.9. The number of nitrogens with one attached hydrogen (secondary N) is 1. The van der Waals surface area contributed by atoms with E-state index in [2.05, 4.69) is 5.32 Å². The lowest BCUT2D eigenvalue weighted by Gasteiger charge is -2.37. The van der Waals surface area contributed by atoms with Crippen molar-refractivity contribution in [2.45, 2.75) is 52.2 Å². The number of amides is 2. The molecule has 0 saturated carbocycles. The highest BCUT2D eigenvalue weighted by atomic mass is 16.6. The number of nitrogens with zero attached hydrogens (tertiary/aromatic N) is 1. The van der Waals surface area contributed by atoms with Crippen LogP contribution in [0.3, 0.4) is 0 Å². The van der Waals surface area contributed by atoms with Gasteiger partial charge < -0.3 is 20.1 Å². The summed E-state index contributed by atoms with van der Waals surface area (Å²) in [6.07, 6.45) is 0.926. The molecule has 6 nitrogen and oxygen atoms in total. The highest BCUT2D eigenvalue weighted by molar-refractivity contribution is 5.73. The summed E-state index contributed by atoms with van der Waals surface area (Å²) in [7, 11) is 0. The van der Waals surface area contributed by atoms with Crippen molar-refractivity contribution in [1.82, 2.24) is 10.2 Å². The summed E-state index contributed by atoms with van der Waals surface area (Å²) in [6, 6.07) is -0.126. The van der Waals surface area contributed by atoms with Gasteiger partial charge in [-0.05, 0) is 39.5 Å².